The van der Waals surface area contributed by atoms with Crippen LogP contribution in [0.15, 0.2) is 54.7 Å². The van der Waals surface area contributed by atoms with Crippen molar-refractivity contribution in [2.75, 3.05) is 0 Å². The van der Waals surface area contributed by atoms with Gasteiger partial charge in [-0.3, -0.25) is 4.79 Å². The van der Waals surface area contributed by atoms with Gasteiger partial charge >= 0.3 is 0 Å². The molecule has 0 bridgehead atoms. The number of nitrogens with one attached hydrogen (secondary N) is 1. The highest BCUT2D eigenvalue weighted by atomic mass is 16.5. The number of para-hydroxylation sites is 1. The second kappa shape index (κ2) is 7.74. The van der Waals surface area contributed by atoms with Gasteiger partial charge in [0.2, 0.25) is 5.88 Å². The summed E-state index contributed by atoms with van der Waals surface area (Å²) in [5.41, 5.74) is 2.43. The smallest absolute Gasteiger partial charge is 0.270 e. The molecule has 1 N–H and O–H groups in total. The molecule has 0 saturated heterocycles. The van der Waals surface area contributed by atoms with Crippen LogP contribution in [0.5, 0.6) is 5.88 Å². The van der Waals surface area contributed by atoms with Crippen LogP contribution in [-0.2, 0) is 0 Å². The summed E-state index contributed by atoms with van der Waals surface area (Å²) in [6.45, 7) is 2.01. The van der Waals surface area contributed by atoms with E-state index in [1.54, 1.807) is 6.07 Å². The fraction of sp³-hybridized carbons (Fsp3) is 0.318. The molecule has 0 spiro atoms. The van der Waals surface area contributed by atoms with Crippen LogP contribution >= 0.6 is 0 Å². The Bertz CT molecular complexity index is 932. The van der Waals surface area contributed by atoms with Crippen molar-refractivity contribution in [3.05, 3.63) is 66.0 Å². The van der Waals surface area contributed by atoms with Gasteiger partial charge < -0.3 is 10.1 Å². The van der Waals surface area contributed by atoms with E-state index < -0.39 is 0 Å². The molecule has 4 rings (SSSR count). The summed E-state index contributed by atoms with van der Waals surface area (Å²) in [6, 6.07) is 15.6. The first-order chi connectivity index (χ1) is 13.2. The number of amides is 1. The summed E-state index contributed by atoms with van der Waals surface area (Å²) in [7, 11) is 0. The number of ether oxygens (including phenoxy) is 1. The Balaban J connectivity index is 1.31. The predicted molar refractivity (Wildman–Crippen MR) is 105 cm³/mol. The van der Waals surface area contributed by atoms with Crippen molar-refractivity contribution in [2.45, 2.75) is 44.8 Å². The third-order valence-corrected chi connectivity index (χ3v) is 5.01. The molecule has 138 valence electrons. The molecule has 0 radical (unpaired) electrons. The molecule has 2 heterocycles. The predicted octanol–water partition coefficient (Wildman–Crippen LogP) is 4.06. The third kappa shape index (κ3) is 4.25. The highest BCUT2D eigenvalue weighted by molar-refractivity contribution is 5.95. The van der Waals surface area contributed by atoms with E-state index in [4.69, 9.17) is 4.74 Å². The van der Waals surface area contributed by atoms with Crippen molar-refractivity contribution < 1.29 is 9.53 Å². The molecular formula is C22H23N3O2. The van der Waals surface area contributed by atoms with Gasteiger partial charge in [0.25, 0.3) is 5.91 Å². The van der Waals surface area contributed by atoms with Gasteiger partial charge in [-0.25, -0.2) is 9.97 Å². The average molecular weight is 361 g/mol. The van der Waals surface area contributed by atoms with Crippen LogP contribution in [0.1, 0.15) is 41.7 Å². The maximum absolute atomic E-state index is 12.5. The molecule has 1 fully saturated rings. The fourth-order valence-corrected chi connectivity index (χ4v) is 3.47. The van der Waals surface area contributed by atoms with Crippen LogP contribution in [0.2, 0.25) is 0 Å². The van der Waals surface area contributed by atoms with Crippen molar-refractivity contribution in [1.29, 1.82) is 0 Å². The zero-order valence-electron chi connectivity index (χ0n) is 15.4. The molecule has 0 aliphatic heterocycles. The molecule has 1 aliphatic carbocycles. The van der Waals surface area contributed by atoms with Gasteiger partial charge in [-0.1, -0.05) is 30.3 Å². The summed E-state index contributed by atoms with van der Waals surface area (Å²) in [4.78, 5) is 21.3. The molecule has 1 amide bonds. The third-order valence-electron chi connectivity index (χ3n) is 5.01. The molecular weight excluding hydrogens is 338 g/mol. The number of carbonyl (C=O) groups excluding carboxylic acids is 1. The lowest BCUT2D eigenvalue weighted by Crippen LogP contribution is -2.40. The largest absolute Gasteiger partial charge is 0.474 e. The van der Waals surface area contributed by atoms with E-state index in [-0.39, 0.29) is 18.1 Å². The van der Waals surface area contributed by atoms with Gasteiger partial charge in [0.1, 0.15) is 11.8 Å². The first-order valence-corrected chi connectivity index (χ1v) is 9.43. The summed E-state index contributed by atoms with van der Waals surface area (Å²) < 4.78 is 5.96. The van der Waals surface area contributed by atoms with Crippen LogP contribution < -0.4 is 10.1 Å². The van der Waals surface area contributed by atoms with Gasteiger partial charge in [0.05, 0.1) is 5.52 Å². The number of aromatic nitrogens is 2. The minimum Gasteiger partial charge on any atom is -0.474 e. The van der Waals surface area contributed by atoms with Gasteiger partial charge in [0.15, 0.2) is 0 Å². The Morgan fingerprint density at radius 2 is 1.85 bits per heavy atom. The second-order valence-electron chi connectivity index (χ2n) is 7.13. The molecule has 1 aromatic carbocycles. The number of hydrogen-bond donors (Lipinski definition) is 1. The topological polar surface area (TPSA) is 64.1 Å². The van der Waals surface area contributed by atoms with Crippen molar-refractivity contribution in [3.8, 4) is 5.88 Å². The Labute approximate surface area is 158 Å². The lowest BCUT2D eigenvalue weighted by molar-refractivity contribution is 0.0885. The first kappa shape index (κ1) is 17.5. The van der Waals surface area contributed by atoms with Crippen LogP contribution in [-0.4, -0.2) is 28.0 Å². The van der Waals surface area contributed by atoms with Crippen LogP contribution in [0.3, 0.4) is 0 Å². The highest BCUT2D eigenvalue weighted by Crippen LogP contribution is 2.23. The van der Waals surface area contributed by atoms with Crippen molar-refractivity contribution in [1.82, 2.24) is 15.3 Å². The van der Waals surface area contributed by atoms with Gasteiger partial charge in [-0.05, 0) is 50.3 Å². The highest BCUT2D eigenvalue weighted by Gasteiger charge is 2.24. The van der Waals surface area contributed by atoms with E-state index in [2.05, 4.69) is 15.3 Å². The molecule has 5 nitrogen and oxygen atoms in total. The lowest BCUT2D eigenvalue weighted by Gasteiger charge is -2.29. The van der Waals surface area contributed by atoms with Crippen molar-refractivity contribution in [2.24, 2.45) is 0 Å². The Kier molecular flexibility index (Phi) is 5.01. The number of nitrogens with zero attached hydrogens (tertiary/aromatic N) is 2. The van der Waals surface area contributed by atoms with E-state index in [1.807, 2.05) is 55.6 Å². The summed E-state index contributed by atoms with van der Waals surface area (Å²) in [6.07, 6.45) is 5.59. The minimum absolute atomic E-state index is 0.106. The maximum atomic E-state index is 12.5. The molecule has 3 aromatic rings. The number of rotatable bonds is 4. The molecule has 1 saturated carbocycles. The zero-order valence-corrected chi connectivity index (χ0v) is 15.4. The molecule has 0 atom stereocenters. The van der Waals surface area contributed by atoms with E-state index in [1.165, 1.54) is 0 Å². The van der Waals surface area contributed by atoms with E-state index in [0.717, 1.165) is 42.1 Å². The van der Waals surface area contributed by atoms with E-state index in [9.17, 15) is 4.79 Å². The molecule has 27 heavy (non-hydrogen) atoms. The van der Waals surface area contributed by atoms with E-state index in [0.29, 0.717) is 11.6 Å². The first-order valence-electron chi connectivity index (χ1n) is 9.43. The van der Waals surface area contributed by atoms with Crippen LogP contribution in [0.25, 0.3) is 10.9 Å². The fourth-order valence-electron chi connectivity index (χ4n) is 3.47. The number of aryl methyl sites for hydroxylation is 1. The second-order valence-corrected chi connectivity index (χ2v) is 7.13. The minimum atomic E-state index is -0.106. The monoisotopic (exact) mass is 361 g/mol. The Hall–Kier alpha value is -2.95. The molecule has 0 unspecified atom stereocenters. The number of hydrogen-bond acceptors (Lipinski definition) is 4. The standard InChI is InChI=1S/C22H23N3O2/c1-15-6-13-21(23-14-15)27-18-10-8-17(9-11-18)24-22(26)20-12-7-16-4-2-3-5-19(16)25-20/h2-7,12-14,17-18H,8-11H2,1H3,(H,24,26). The summed E-state index contributed by atoms with van der Waals surface area (Å²) in [5.74, 6) is 0.568. The lowest BCUT2D eigenvalue weighted by atomic mass is 9.93. The van der Waals surface area contributed by atoms with Crippen LogP contribution in [0.4, 0.5) is 0 Å². The number of fused-ring (bicyclic) bond motifs is 1. The van der Waals surface area contributed by atoms with Crippen molar-refractivity contribution >= 4 is 16.8 Å². The van der Waals surface area contributed by atoms with Gasteiger partial charge in [-0.15, -0.1) is 0 Å². The molecule has 2 aromatic heterocycles. The molecule has 1 aliphatic rings. The van der Waals surface area contributed by atoms with Gasteiger partial charge in [0, 0.05) is 23.7 Å². The number of pyridine rings is 2. The number of benzene rings is 1. The zero-order chi connectivity index (χ0) is 18.6. The van der Waals surface area contributed by atoms with Gasteiger partial charge in [-0.2, -0.15) is 0 Å². The normalized spacial score (nSPS) is 19.6. The quantitative estimate of drug-likeness (QED) is 0.761. The summed E-state index contributed by atoms with van der Waals surface area (Å²) >= 11 is 0. The Morgan fingerprint density at radius 3 is 2.63 bits per heavy atom. The van der Waals surface area contributed by atoms with Crippen LogP contribution in [0, 0.1) is 6.92 Å². The Morgan fingerprint density at radius 1 is 1.04 bits per heavy atom. The number of carbonyl (C=O) groups is 1. The maximum Gasteiger partial charge on any atom is 0.270 e. The van der Waals surface area contributed by atoms with E-state index >= 15 is 0 Å². The SMILES string of the molecule is Cc1ccc(OC2CCC(NC(=O)c3ccc4ccccc4n3)CC2)nc1. The molecule has 5 heteroatoms. The van der Waals surface area contributed by atoms with Crippen molar-refractivity contribution in [3.63, 3.8) is 0 Å². The average Bonchev–Trinajstić information content (AvgIpc) is 2.71. The summed E-state index contributed by atoms with van der Waals surface area (Å²) in [5, 5.41) is 4.16.